The third-order valence-electron chi connectivity index (χ3n) is 2.51. The highest BCUT2D eigenvalue weighted by Gasteiger charge is 2.12. The van der Waals surface area contributed by atoms with Gasteiger partial charge in [-0.3, -0.25) is 0 Å². The first-order valence-electron chi connectivity index (χ1n) is 5.26. The van der Waals surface area contributed by atoms with Crippen molar-refractivity contribution in [3.8, 4) is 0 Å². The van der Waals surface area contributed by atoms with Crippen molar-refractivity contribution in [1.82, 2.24) is 0 Å². The zero-order valence-electron chi connectivity index (χ0n) is 9.35. The minimum Gasteiger partial charge on any atom is -0.381 e. The molecule has 0 aliphatic rings. The van der Waals surface area contributed by atoms with Crippen LogP contribution in [0.25, 0.3) is 0 Å². The van der Waals surface area contributed by atoms with Crippen molar-refractivity contribution in [2.45, 2.75) is 33.2 Å². The Morgan fingerprint density at radius 3 is 2.47 bits per heavy atom. The van der Waals surface area contributed by atoms with Crippen LogP contribution in [-0.4, -0.2) is 6.04 Å². The van der Waals surface area contributed by atoms with Gasteiger partial charge in [-0.1, -0.05) is 44.0 Å². The van der Waals surface area contributed by atoms with E-state index in [9.17, 15) is 0 Å². The second kappa shape index (κ2) is 5.62. The molecule has 1 N–H and O–H groups in total. The van der Waals surface area contributed by atoms with Crippen LogP contribution in [0.1, 0.15) is 27.2 Å². The Kier molecular flexibility index (Phi) is 4.75. The SMILES string of the molecule is CCC(Nc1cc(Cl)ccc1Cl)C(C)C. The third-order valence-corrected chi connectivity index (χ3v) is 3.08. The van der Waals surface area contributed by atoms with Crippen molar-refractivity contribution in [3.63, 3.8) is 0 Å². The van der Waals surface area contributed by atoms with E-state index < -0.39 is 0 Å². The molecule has 0 bridgehead atoms. The highest BCUT2D eigenvalue weighted by molar-refractivity contribution is 6.35. The Labute approximate surface area is 102 Å². The molecule has 0 amide bonds. The number of hydrogen-bond donors (Lipinski definition) is 1. The molecule has 0 aromatic heterocycles. The second-order valence-electron chi connectivity index (χ2n) is 4.03. The van der Waals surface area contributed by atoms with Gasteiger partial charge < -0.3 is 5.32 Å². The predicted octanol–water partition coefficient (Wildman–Crippen LogP) is 4.84. The number of halogens is 2. The summed E-state index contributed by atoms with van der Waals surface area (Å²) in [6, 6.07) is 5.92. The highest BCUT2D eigenvalue weighted by atomic mass is 35.5. The smallest absolute Gasteiger partial charge is 0.0638 e. The van der Waals surface area contributed by atoms with E-state index in [0.29, 0.717) is 17.0 Å². The van der Waals surface area contributed by atoms with Gasteiger partial charge in [-0.2, -0.15) is 0 Å². The lowest BCUT2D eigenvalue weighted by Crippen LogP contribution is -2.24. The highest BCUT2D eigenvalue weighted by Crippen LogP contribution is 2.27. The molecule has 0 aliphatic heterocycles. The normalized spacial score (nSPS) is 12.9. The van der Waals surface area contributed by atoms with Crippen LogP contribution in [0.15, 0.2) is 18.2 Å². The maximum absolute atomic E-state index is 6.08. The topological polar surface area (TPSA) is 12.0 Å². The molecule has 0 aliphatic carbocycles. The largest absolute Gasteiger partial charge is 0.381 e. The van der Waals surface area contributed by atoms with E-state index >= 15 is 0 Å². The average Bonchev–Trinajstić information content (AvgIpc) is 2.18. The monoisotopic (exact) mass is 245 g/mol. The number of hydrogen-bond acceptors (Lipinski definition) is 1. The molecule has 1 rings (SSSR count). The molecule has 3 heteroatoms. The molecular formula is C12H17Cl2N. The van der Waals surface area contributed by atoms with Gasteiger partial charge in [-0.05, 0) is 30.5 Å². The molecule has 84 valence electrons. The van der Waals surface area contributed by atoms with Crippen LogP contribution in [-0.2, 0) is 0 Å². The third kappa shape index (κ3) is 3.58. The van der Waals surface area contributed by atoms with E-state index in [4.69, 9.17) is 23.2 Å². The molecule has 15 heavy (non-hydrogen) atoms. The van der Waals surface area contributed by atoms with E-state index in [-0.39, 0.29) is 0 Å². The molecule has 1 unspecified atom stereocenters. The number of anilines is 1. The van der Waals surface area contributed by atoms with E-state index in [0.717, 1.165) is 17.1 Å². The lowest BCUT2D eigenvalue weighted by Gasteiger charge is -2.22. The van der Waals surface area contributed by atoms with E-state index in [1.807, 2.05) is 12.1 Å². The van der Waals surface area contributed by atoms with Crippen molar-refractivity contribution in [2.75, 3.05) is 5.32 Å². The van der Waals surface area contributed by atoms with Crippen LogP contribution in [0.5, 0.6) is 0 Å². The van der Waals surface area contributed by atoms with Crippen molar-refractivity contribution >= 4 is 28.9 Å². The fourth-order valence-corrected chi connectivity index (χ4v) is 1.89. The molecule has 0 fully saturated rings. The summed E-state index contributed by atoms with van der Waals surface area (Å²) < 4.78 is 0. The van der Waals surface area contributed by atoms with Gasteiger partial charge in [0.2, 0.25) is 0 Å². The van der Waals surface area contributed by atoms with Crippen LogP contribution < -0.4 is 5.32 Å². The van der Waals surface area contributed by atoms with Crippen molar-refractivity contribution in [2.24, 2.45) is 5.92 Å². The first kappa shape index (κ1) is 12.7. The Bertz CT molecular complexity index is 323. The quantitative estimate of drug-likeness (QED) is 0.801. The van der Waals surface area contributed by atoms with Gasteiger partial charge in [0.25, 0.3) is 0 Å². The van der Waals surface area contributed by atoms with Crippen LogP contribution in [0.3, 0.4) is 0 Å². The first-order valence-corrected chi connectivity index (χ1v) is 6.01. The second-order valence-corrected chi connectivity index (χ2v) is 4.87. The fourth-order valence-electron chi connectivity index (χ4n) is 1.55. The van der Waals surface area contributed by atoms with E-state index in [1.165, 1.54) is 0 Å². The van der Waals surface area contributed by atoms with Crippen molar-refractivity contribution < 1.29 is 0 Å². The molecule has 1 nitrogen and oxygen atoms in total. The van der Waals surface area contributed by atoms with Gasteiger partial charge in [0.05, 0.1) is 10.7 Å². The van der Waals surface area contributed by atoms with Crippen LogP contribution in [0.2, 0.25) is 10.0 Å². The summed E-state index contributed by atoms with van der Waals surface area (Å²) in [5.41, 5.74) is 0.921. The van der Waals surface area contributed by atoms with Crippen LogP contribution in [0, 0.1) is 5.92 Å². The van der Waals surface area contributed by atoms with Crippen LogP contribution in [0.4, 0.5) is 5.69 Å². The van der Waals surface area contributed by atoms with E-state index in [1.54, 1.807) is 6.07 Å². The van der Waals surface area contributed by atoms with Crippen LogP contribution >= 0.6 is 23.2 Å². The summed E-state index contributed by atoms with van der Waals surface area (Å²) in [6.07, 6.45) is 1.07. The van der Waals surface area contributed by atoms with Gasteiger partial charge in [-0.25, -0.2) is 0 Å². The molecule has 0 spiro atoms. The number of benzene rings is 1. The lowest BCUT2D eigenvalue weighted by molar-refractivity contribution is 0.511. The summed E-state index contributed by atoms with van der Waals surface area (Å²) >= 11 is 12.0. The summed E-state index contributed by atoms with van der Waals surface area (Å²) in [5.74, 6) is 0.574. The first-order chi connectivity index (χ1) is 7.04. The van der Waals surface area contributed by atoms with Gasteiger partial charge in [-0.15, -0.1) is 0 Å². The predicted molar refractivity (Wildman–Crippen MR) is 69.0 cm³/mol. The molecular weight excluding hydrogens is 229 g/mol. The number of rotatable bonds is 4. The summed E-state index contributed by atoms with van der Waals surface area (Å²) in [7, 11) is 0. The van der Waals surface area contributed by atoms with Gasteiger partial charge in [0, 0.05) is 11.1 Å². The van der Waals surface area contributed by atoms with Crippen molar-refractivity contribution in [3.05, 3.63) is 28.2 Å². The molecule has 1 atom stereocenters. The summed E-state index contributed by atoms with van der Waals surface area (Å²) in [6.45, 7) is 6.55. The van der Waals surface area contributed by atoms with Crippen molar-refractivity contribution in [1.29, 1.82) is 0 Å². The Morgan fingerprint density at radius 1 is 1.27 bits per heavy atom. The maximum atomic E-state index is 6.08. The lowest BCUT2D eigenvalue weighted by atomic mass is 10.0. The zero-order chi connectivity index (χ0) is 11.4. The molecule has 0 radical (unpaired) electrons. The van der Waals surface area contributed by atoms with Gasteiger partial charge in [0.15, 0.2) is 0 Å². The Morgan fingerprint density at radius 2 is 1.93 bits per heavy atom. The standard InChI is InChI=1S/C12H17Cl2N/c1-4-11(8(2)3)15-12-7-9(13)5-6-10(12)14/h5-8,11,15H,4H2,1-3H3. The zero-order valence-corrected chi connectivity index (χ0v) is 10.9. The fraction of sp³-hybridized carbons (Fsp3) is 0.500. The number of nitrogens with one attached hydrogen (secondary N) is 1. The molecule has 0 saturated heterocycles. The average molecular weight is 246 g/mol. The maximum Gasteiger partial charge on any atom is 0.0638 e. The molecule has 0 heterocycles. The molecule has 1 aromatic rings. The van der Waals surface area contributed by atoms with E-state index in [2.05, 4.69) is 26.1 Å². The summed E-state index contributed by atoms with van der Waals surface area (Å²) in [4.78, 5) is 0. The minimum absolute atomic E-state index is 0.431. The molecule has 0 saturated carbocycles. The molecule has 1 aromatic carbocycles. The Hall–Kier alpha value is -0.400. The summed E-state index contributed by atoms with van der Waals surface area (Å²) in [5, 5.41) is 4.85. The minimum atomic E-state index is 0.431. The van der Waals surface area contributed by atoms with Gasteiger partial charge in [0.1, 0.15) is 0 Å². The van der Waals surface area contributed by atoms with Gasteiger partial charge >= 0.3 is 0 Å². The Balaban J connectivity index is 2.82.